The Balaban J connectivity index is 1.92. The normalized spacial score (nSPS) is 24.5. The fourth-order valence-corrected chi connectivity index (χ4v) is 3.32. The third-order valence-corrected chi connectivity index (χ3v) is 4.81. The highest BCUT2D eigenvalue weighted by Gasteiger charge is 2.45. The molecule has 5 nitrogen and oxygen atoms in total. The molecule has 114 valence electrons. The van der Waals surface area contributed by atoms with Crippen molar-refractivity contribution in [2.45, 2.75) is 25.0 Å². The molecule has 1 aliphatic rings. The van der Waals surface area contributed by atoms with Crippen LogP contribution in [0.4, 0.5) is 5.69 Å². The van der Waals surface area contributed by atoms with Gasteiger partial charge in [-0.1, -0.05) is 11.6 Å². The summed E-state index contributed by atoms with van der Waals surface area (Å²) in [4.78, 5) is 2.11. The molecule has 1 aromatic carbocycles. The SMILES string of the molecule is C[C@@H]1N(c2ccc(C#N)c(Cl)c2)CC[C@@]1(O)c1cnn(C)c1. The summed E-state index contributed by atoms with van der Waals surface area (Å²) >= 11 is 6.12. The molecule has 0 unspecified atom stereocenters. The molecule has 1 aliphatic heterocycles. The van der Waals surface area contributed by atoms with Crippen LogP contribution in [0.2, 0.25) is 5.02 Å². The molecule has 0 radical (unpaired) electrons. The number of nitriles is 1. The zero-order valence-electron chi connectivity index (χ0n) is 12.5. The molecule has 1 fully saturated rings. The van der Waals surface area contributed by atoms with E-state index in [4.69, 9.17) is 16.9 Å². The molecule has 2 aromatic rings. The predicted octanol–water partition coefficient (Wildman–Crippen LogP) is 2.43. The Morgan fingerprint density at radius 1 is 1.50 bits per heavy atom. The number of benzene rings is 1. The maximum Gasteiger partial charge on any atom is 0.114 e. The predicted molar refractivity (Wildman–Crippen MR) is 84.7 cm³/mol. The van der Waals surface area contributed by atoms with Crippen molar-refractivity contribution in [3.63, 3.8) is 0 Å². The van der Waals surface area contributed by atoms with Gasteiger partial charge in [0.1, 0.15) is 11.7 Å². The summed E-state index contributed by atoms with van der Waals surface area (Å²) in [5.74, 6) is 0. The summed E-state index contributed by atoms with van der Waals surface area (Å²) in [5.41, 5.74) is 1.26. The zero-order chi connectivity index (χ0) is 15.9. The molecule has 6 heteroatoms. The lowest BCUT2D eigenvalue weighted by molar-refractivity contribution is 0.0329. The smallest absolute Gasteiger partial charge is 0.114 e. The minimum atomic E-state index is -0.936. The quantitative estimate of drug-likeness (QED) is 0.924. The Morgan fingerprint density at radius 3 is 2.86 bits per heavy atom. The van der Waals surface area contributed by atoms with Crippen molar-refractivity contribution in [1.29, 1.82) is 5.26 Å². The van der Waals surface area contributed by atoms with Gasteiger partial charge in [0.15, 0.2) is 0 Å². The van der Waals surface area contributed by atoms with Gasteiger partial charge in [-0.05, 0) is 31.5 Å². The van der Waals surface area contributed by atoms with E-state index in [2.05, 4.69) is 16.1 Å². The second kappa shape index (κ2) is 5.31. The van der Waals surface area contributed by atoms with E-state index in [1.165, 1.54) is 0 Å². The van der Waals surface area contributed by atoms with Crippen LogP contribution in [0.3, 0.4) is 0 Å². The minimum Gasteiger partial charge on any atom is -0.383 e. The van der Waals surface area contributed by atoms with E-state index in [0.29, 0.717) is 17.0 Å². The van der Waals surface area contributed by atoms with Gasteiger partial charge in [-0.25, -0.2) is 0 Å². The van der Waals surface area contributed by atoms with Crippen LogP contribution in [0.25, 0.3) is 0 Å². The van der Waals surface area contributed by atoms with Crippen molar-refractivity contribution in [2.24, 2.45) is 7.05 Å². The average Bonchev–Trinajstić information content (AvgIpc) is 3.05. The second-order valence-corrected chi connectivity index (χ2v) is 6.13. The third-order valence-electron chi connectivity index (χ3n) is 4.50. The summed E-state index contributed by atoms with van der Waals surface area (Å²) in [6.45, 7) is 2.71. The number of hydrogen-bond acceptors (Lipinski definition) is 4. The first-order valence-electron chi connectivity index (χ1n) is 7.13. The first-order valence-corrected chi connectivity index (χ1v) is 7.51. The van der Waals surface area contributed by atoms with Gasteiger partial charge in [-0.2, -0.15) is 10.4 Å². The number of aryl methyl sites for hydroxylation is 1. The van der Waals surface area contributed by atoms with Crippen LogP contribution in [0, 0.1) is 11.3 Å². The van der Waals surface area contributed by atoms with Crippen LogP contribution in [0.15, 0.2) is 30.6 Å². The summed E-state index contributed by atoms with van der Waals surface area (Å²) in [6, 6.07) is 7.32. The molecule has 2 atom stereocenters. The van der Waals surface area contributed by atoms with Gasteiger partial charge in [0.2, 0.25) is 0 Å². The van der Waals surface area contributed by atoms with E-state index in [9.17, 15) is 5.11 Å². The van der Waals surface area contributed by atoms with Gasteiger partial charge in [0.05, 0.1) is 22.8 Å². The Labute approximate surface area is 134 Å². The zero-order valence-corrected chi connectivity index (χ0v) is 13.2. The van der Waals surface area contributed by atoms with Gasteiger partial charge in [0, 0.05) is 31.0 Å². The van der Waals surface area contributed by atoms with Crippen LogP contribution in [0.5, 0.6) is 0 Å². The van der Waals surface area contributed by atoms with Crippen LogP contribution in [-0.2, 0) is 12.6 Å². The fraction of sp³-hybridized carbons (Fsp3) is 0.375. The second-order valence-electron chi connectivity index (χ2n) is 5.72. The number of halogens is 1. The van der Waals surface area contributed by atoms with E-state index in [1.54, 1.807) is 23.0 Å². The van der Waals surface area contributed by atoms with Crippen LogP contribution in [0.1, 0.15) is 24.5 Å². The van der Waals surface area contributed by atoms with E-state index in [-0.39, 0.29) is 6.04 Å². The largest absolute Gasteiger partial charge is 0.383 e. The first kappa shape index (κ1) is 14.9. The summed E-state index contributed by atoms with van der Waals surface area (Å²) < 4.78 is 1.70. The molecule has 0 aliphatic carbocycles. The monoisotopic (exact) mass is 316 g/mol. The Hall–Kier alpha value is -2.03. The first-order chi connectivity index (χ1) is 10.5. The van der Waals surface area contributed by atoms with E-state index in [1.807, 2.05) is 26.2 Å². The van der Waals surface area contributed by atoms with Crippen LogP contribution >= 0.6 is 11.6 Å². The third kappa shape index (κ3) is 2.25. The van der Waals surface area contributed by atoms with Gasteiger partial charge in [0.25, 0.3) is 0 Å². The van der Waals surface area contributed by atoms with Gasteiger partial charge in [-0.3, -0.25) is 4.68 Å². The number of aromatic nitrogens is 2. The van der Waals surface area contributed by atoms with Crippen LogP contribution in [-0.4, -0.2) is 27.5 Å². The summed E-state index contributed by atoms with van der Waals surface area (Å²) in [7, 11) is 1.84. The number of rotatable bonds is 2. The highest BCUT2D eigenvalue weighted by Crippen LogP contribution is 2.40. The van der Waals surface area contributed by atoms with Crippen molar-refractivity contribution in [2.75, 3.05) is 11.4 Å². The standard InChI is InChI=1S/C16H17ClN4O/c1-11-16(22,13-9-19-20(2)10-13)5-6-21(11)14-4-3-12(8-18)15(17)7-14/h3-4,7,9-11,22H,5-6H2,1-2H3/t11-,16-/m0/s1. The maximum absolute atomic E-state index is 11.1. The summed E-state index contributed by atoms with van der Waals surface area (Å²) in [6.07, 6.45) is 4.19. The molecule has 0 bridgehead atoms. The highest BCUT2D eigenvalue weighted by molar-refractivity contribution is 6.32. The molecule has 0 spiro atoms. The lowest BCUT2D eigenvalue weighted by Gasteiger charge is -2.32. The van der Waals surface area contributed by atoms with Crippen molar-refractivity contribution >= 4 is 17.3 Å². The van der Waals surface area contributed by atoms with E-state index < -0.39 is 5.60 Å². The molecule has 22 heavy (non-hydrogen) atoms. The van der Waals surface area contributed by atoms with Gasteiger partial charge >= 0.3 is 0 Å². The average molecular weight is 317 g/mol. The Bertz CT molecular complexity index is 751. The molecule has 1 saturated heterocycles. The molecular weight excluding hydrogens is 300 g/mol. The molecular formula is C16H17ClN4O. The number of nitrogens with zero attached hydrogens (tertiary/aromatic N) is 4. The lowest BCUT2D eigenvalue weighted by atomic mass is 9.89. The Kier molecular flexibility index (Phi) is 3.59. The highest BCUT2D eigenvalue weighted by atomic mass is 35.5. The van der Waals surface area contributed by atoms with Gasteiger partial charge in [-0.15, -0.1) is 0 Å². The molecule has 1 aromatic heterocycles. The topological polar surface area (TPSA) is 65.1 Å². The van der Waals surface area contributed by atoms with Crippen molar-refractivity contribution in [1.82, 2.24) is 9.78 Å². The van der Waals surface area contributed by atoms with E-state index >= 15 is 0 Å². The number of aliphatic hydroxyl groups is 1. The molecule has 3 rings (SSSR count). The minimum absolute atomic E-state index is 0.110. The molecule has 0 amide bonds. The summed E-state index contributed by atoms with van der Waals surface area (Å²) in [5, 5.41) is 24.6. The van der Waals surface area contributed by atoms with Crippen molar-refractivity contribution < 1.29 is 5.11 Å². The Morgan fingerprint density at radius 2 is 2.27 bits per heavy atom. The van der Waals surface area contributed by atoms with Crippen LogP contribution < -0.4 is 4.90 Å². The lowest BCUT2D eigenvalue weighted by Crippen LogP contribution is -2.40. The van der Waals surface area contributed by atoms with Crippen molar-refractivity contribution in [3.05, 3.63) is 46.7 Å². The molecule has 2 heterocycles. The van der Waals surface area contributed by atoms with Crippen molar-refractivity contribution in [3.8, 4) is 6.07 Å². The molecule has 1 N–H and O–H groups in total. The molecule has 0 saturated carbocycles. The maximum atomic E-state index is 11.1. The van der Waals surface area contributed by atoms with Gasteiger partial charge < -0.3 is 10.0 Å². The number of anilines is 1. The van der Waals surface area contributed by atoms with E-state index in [0.717, 1.165) is 17.8 Å². The number of hydrogen-bond donors (Lipinski definition) is 1. The fourth-order valence-electron chi connectivity index (χ4n) is 3.11.